The van der Waals surface area contributed by atoms with E-state index in [1.807, 2.05) is 48.5 Å². The van der Waals surface area contributed by atoms with Gasteiger partial charge in [0, 0.05) is 30.3 Å². The minimum atomic E-state index is -0.738. The number of hydrogen-bond donors (Lipinski definition) is 2. The maximum absolute atomic E-state index is 12.9. The number of nitrogens with zero attached hydrogens (tertiary/aromatic N) is 2. The lowest BCUT2D eigenvalue weighted by Gasteiger charge is -2.41. The molecule has 2 fully saturated rings. The molecular formula is C23H27N3O4. The van der Waals surface area contributed by atoms with Gasteiger partial charge in [0.1, 0.15) is 12.6 Å². The number of aliphatic hydroxyl groups excluding tert-OH is 1. The van der Waals surface area contributed by atoms with Crippen LogP contribution in [0.25, 0.3) is 0 Å². The molecule has 0 radical (unpaired) electrons. The lowest BCUT2D eigenvalue weighted by atomic mass is 9.66. The van der Waals surface area contributed by atoms with E-state index in [0.29, 0.717) is 6.54 Å². The van der Waals surface area contributed by atoms with Crippen LogP contribution in [0.15, 0.2) is 54.7 Å². The molecule has 1 aromatic carbocycles. The Bertz CT molecular complexity index is 871. The third-order valence-corrected chi connectivity index (χ3v) is 6.14. The van der Waals surface area contributed by atoms with Gasteiger partial charge in [0.25, 0.3) is 0 Å². The molecular weight excluding hydrogens is 382 g/mol. The molecule has 1 saturated heterocycles. The number of hydrogen-bond acceptors (Lipinski definition) is 5. The van der Waals surface area contributed by atoms with Gasteiger partial charge in [-0.2, -0.15) is 0 Å². The molecule has 0 spiro atoms. The normalized spacial score (nSPS) is 22.2. The first-order chi connectivity index (χ1) is 14.6. The van der Waals surface area contributed by atoms with Crippen molar-refractivity contribution >= 4 is 12.0 Å². The fraction of sp³-hybridized carbons (Fsp3) is 0.435. The lowest BCUT2D eigenvalue weighted by Crippen LogP contribution is -2.51. The Balaban J connectivity index is 1.36. The number of ether oxygens (including phenoxy) is 1. The van der Waals surface area contributed by atoms with Gasteiger partial charge in [0.2, 0.25) is 5.91 Å². The molecule has 0 bridgehead atoms. The number of nitrogens with one attached hydrogen (secondary N) is 1. The first-order valence-corrected chi connectivity index (χ1v) is 10.4. The molecule has 2 aliphatic rings. The van der Waals surface area contributed by atoms with Gasteiger partial charge in [-0.05, 0) is 30.5 Å². The second-order valence-corrected chi connectivity index (χ2v) is 8.16. The quantitative estimate of drug-likeness (QED) is 0.764. The standard InChI is InChI=1S/C23H27N3O4/c27-18-13-19(26(14-18)22(29)30-15-17-7-2-1-3-8-17)21(28)25-16-23(10-6-11-23)20-9-4-5-12-24-20/h1-5,7-9,12,18-19,27H,6,10-11,13-16H2,(H,25,28)/t18-,19+/m1/s1. The number of benzene rings is 1. The van der Waals surface area contributed by atoms with Crippen molar-refractivity contribution in [3.8, 4) is 0 Å². The molecule has 4 rings (SSSR count). The molecule has 1 aliphatic carbocycles. The number of aliphatic hydroxyl groups is 1. The average molecular weight is 409 g/mol. The molecule has 2 N–H and O–H groups in total. The predicted molar refractivity (Wildman–Crippen MR) is 111 cm³/mol. The van der Waals surface area contributed by atoms with E-state index in [2.05, 4.69) is 10.3 Å². The van der Waals surface area contributed by atoms with Crippen LogP contribution >= 0.6 is 0 Å². The molecule has 2 heterocycles. The van der Waals surface area contributed by atoms with Gasteiger partial charge in [-0.25, -0.2) is 4.79 Å². The van der Waals surface area contributed by atoms with E-state index in [1.165, 1.54) is 4.90 Å². The van der Waals surface area contributed by atoms with Crippen LogP contribution in [0, 0.1) is 0 Å². The van der Waals surface area contributed by atoms with Crippen molar-refractivity contribution in [2.45, 2.75) is 49.9 Å². The maximum Gasteiger partial charge on any atom is 0.410 e. The summed E-state index contributed by atoms with van der Waals surface area (Å²) in [6, 6.07) is 14.5. The first-order valence-electron chi connectivity index (χ1n) is 10.4. The zero-order valence-corrected chi connectivity index (χ0v) is 16.9. The Morgan fingerprint density at radius 3 is 2.60 bits per heavy atom. The summed E-state index contributed by atoms with van der Waals surface area (Å²) in [5.74, 6) is -0.259. The Labute approximate surface area is 176 Å². The number of β-amino-alcohol motifs (C(OH)–C–C–N with tert-alkyl or cyclic N) is 1. The Morgan fingerprint density at radius 1 is 1.17 bits per heavy atom. The van der Waals surface area contributed by atoms with Crippen LogP contribution in [0.1, 0.15) is 36.9 Å². The van der Waals surface area contributed by atoms with E-state index >= 15 is 0 Å². The molecule has 30 heavy (non-hydrogen) atoms. The molecule has 1 aliphatic heterocycles. The van der Waals surface area contributed by atoms with Crippen LogP contribution in [0.4, 0.5) is 4.79 Å². The van der Waals surface area contributed by atoms with Gasteiger partial charge in [-0.1, -0.05) is 42.8 Å². The topological polar surface area (TPSA) is 91.8 Å². The first kappa shape index (κ1) is 20.3. The molecule has 2 amide bonds. The summed E-state index contributed by atoms with van der Waals surface area (Å²) < 4.78 is 5.37. The molecule has 1 aromatic heterocycles. The van der Waals surface area contributed by atoms with E-state index in [9.17, 15) is 14.7 Å². The van der Waals surface area contributed by atoms with Crippen molar-refractivity contribution in [1.82, 2.24) is 15.2 Å². The van der Waals surface area contributed by atoms with Crippen LogP contribution in [0.5, 0.6) is 0 Å². The fourth-order valence-corrected chi connectivity index (χ4v) is 4.24. The zero-order chi connectivity index (χ0) is 21.0. The number of amides is 2. The Morgan fingerprint density at radius 2 is 1.93 bits per heavy atom. The average Bonchev–Trinajstić information content (AvgIpc) is 3.14. The predicted octanol–water partition coefficient (Wildman–Crippen LogP) is 2.39. The number of carbonyl (C=O) groups is 2. The summed E-state index contributed by atoms with van der Waals surface area (Å²) in [5.41, 5.74) is 1.71. The minimum absolute atomic E-state index is 0.0943. The monoisotopic (exact) mass is 409 g/mol. The van der Waals surface area contributed by atoms with Crippen molar-refractivity contribution in [2.75, 3.05) is 13.1 Å². The SMILES string of the molecule is O=C(NCC1(c2ccccn2)CCC1)[C@@H]1C[C@@H](O)CN1C(=O)OCc1ccccc1. The summed E-state index contributed by atoms with van der Waals surface area (Å²) in [6.07, 6.45) is 3.71. The summed E-state index contributed by atoms with van der Waals surface area (Å²) in [7, 11) is 0. The van der Waals surface area contributed by atoms with Gasteiger partial charge < -0.3 is 15.2 Å². The van der Waals surface area contributed by atoms with Crippen molar-refractivity contribution < 1.29 is 19.4 Å². The van der Waals surface area contributed by atoms with Gasteiger partial charge in [0.05, 0.1) is 12.6 Å². The van der Waals surface area contributed by atoms with Gasteiger partial charge in [0.15, 0.2) is 0 Å². The summed E-state index contributed by atoms with van der Waals surface area (Å²) in [5, 5.41) is 13.1. The van der Waals surface area contributed by atoms with Crippen molar-refractivity contribution in [3.05, 3.63) is 66.0 Å². The highest BCUT2D eigenvalue weighted by Crippen LogP contribution is 2.42. The smallest absolute Gasteiger partial charge is 0.410 e. The van der Waals surface area contributed by atoms with Gasteiger partial charge in [-0.15, -0.1) is 0 Å². The third kappa shape index (κ3) is 4.31. The highest BCUT2D eigenvalue weighted by atomic mass is 16.6. The zero-order valence-electron chi connectivity index (χ0n) is 16.9. The molecule has 158 valence electrons. The minimum Gasteiger partial charge on any atom is -0.445 e. The highest BCUT2D eigenvalue weighted by molar-refractivity contribution is 5.86. The van der Waals surface area contributed by atoms with E-state index < -0.39 is 18.2 Å². The summed E-state index contributed by atoms with van der Waals surface area (Å²) in [6.45, 7) is 0.697. The third-order valence-electron chi connectivity index (χ3n) is 6.14. The van der Waals surface area contributed by atoms with Crippen molar-refractivity contribution in [1.29, 1.82) is 0 Å². The van der Waals surface area contributed by atoms with Crippen LogP contribution in [0.3, 0.4) is 0 Å². The largest absolute Gasteiger partial charge is 0.445 e. The molecule has 2 atom stereocenters. The number of likely N-dealkylation sites (tertiary alicyclic amines) is 1. The Kier molecular flexibility index (Phi) is 5.99. The van der Waals surface area contributed by atoms with Crippen molar-refractivity contribution in [3.63, 3.8) is 0 Å². The van der Waals surface area contributed by atoms with E-state index in [0.717, 1.165) is 30.5 Å². The fourth-order valence-electron chi connectivity index (χ4n) is 4.24. The number of rotatable bonds is 6. The second kappa shape index (κ2) is 8.83. The maximum atomic E-state index is 12.9. The second-order valence-electron chi connectivity index (χ2n) is 8.16. The van der Waals surface area contributed by atoms with Crippen LogP contribution in [-0.2, 0) is 21.6 Å². The molecule has 7 heteroatoms. The highest BCUT2D eigenvalue weighted by Gasteiger charge is 2.43. The van der Waals surface area contributed by atoms with E-state index in [1.54, 1.807) is 6.20 Å². The number of aromatic nitrogens is 1. The number of carbonyl (C=O) groups excluding carboxylic acids is 2. The van der Waals surface area contributed by atoms with Crippen LogP contribution in [0.2, 0.25) is 0 Å². The molecule has 1 saturated carbocycles. The van der Waals surface area contributed by atoms with E-state index in [4.69, 9.17) is 4.74 Å². The molecule has 2 aromatic rings. The molecule has 7 nitrogen and oxygen atoms in total. The summed E-state index contributed by atoms with van der Waals surface area (Å²) in [4.78, 5) is 31.3. The molecule has 0 unspecified atom stereocenters. The lowest BCUT2D eigenvalue weighted by molar-refractivity contribution is -0.125. The van der Waals surface area contributed by atoms with Gasteiger partial charge >= 0.3 is 6.09 Å². The van der Waals surface area contributed by atoms with Gasteiger partial charge in [-0.3, -0.25) is 14.7 Å². The Hall–Kier alpha value is -2.93. The van der Waals surface area contributed by atoms with Crippen LogP contribution < -0.4 is 5.32 Å². The van der Waals surface area contributed by atoms with Crippen molar-refractivity contribution in [2.24, 2.45) is 0 Å². The van der Waals surface area contributed by atoms with Crippen LogP contribution in [-0.4, -0.2) is 52.2 Å². The van der Waals surface area contributed by atoms with E-state index in [-0.39, 0.29) is 30.9 Å². The number of pyridine rings is 1. The summed E-state index contributed by atoms with van der Waals surface area (Å²) >= 11 is 0.